The van der Waals surface area contributed by atoms with Crippen molar-refractivity contribution in [2.45, 2.75) is 6.54 Å². The van der Waals surface area contributed by atoms with Crippen molar-refractivity contribution in [1.82, 2.24) is 4.98 Å². The minimum Gasteiger partial charge on any atom is -0.353 e. The predicted molar refractivity (Wildman–Crippen MR) is 81.5 cm³/mol. The van der Waals surface area contributed by atoms with Gasteiger partial charge in [-0.25, -0.2) is 0 Å². The summed E-state index contributed by atoms with van der Waals surface area (Å²) in [6.45, 7) is 0.861. The number of nitrogens with zero attached hydrogens (tertiary/aromatic N) is 1. The molecule has 0 aliphatic carbocycles. The molecule has 20 heavy (non-hydrogen) atoms. The Labute approximate surface area is 117 Å². The van der Waals surface area contributed by atoms with Gasteiger partial charge in [0.2, 0.25) is 0 Å². The van der Waals surface area contributed by atoms with Gasteiger partial charge in [-0.05, 0) is 29.0 Å². The molecule has 2 nitrogen and oxygen atoms in total. The van der Waals surface area contributed by atoms with Crippen LogP contribution in [0.3, 0.4) is 0 Å². The Bertz CT molecular complexity index is 857. The van der Waals surface area contributed by atoms with Crippen molar-refractivity contribution in [2.24, 2.45) is 0 Å². The lowest BCUT2D eigenvalue weighted by atomic mass is 10.2. The molecule has 2 heterocycles. The van der Waals surface area contributed by atoms with E-state index in [9.17, 15) is 0 Å². The number of pyridine rings is 1. The molecule has 2 heteroatoms. The number of para-hydroxylation sites is 1. The standard InChI is InChI=1S/C18H15N2/c1-2-7-16-12-20(10-9-14(16)5-1)13-17-11-15-6-3-4-8-18(15)19-17/h1-12,19H,13H2/q+1. The molecule has 0 saturated heterocycles. The summed E-state index contributed by atoms with van der Waals surface area (Å²) in [6, 6.07) is 21.2. The van der Waals surface area contributed by atoms with E-state index in [0.29, 0.717) is 0 Å². The lowest BCUT2D eigenvalue weighted by Gasteiger charge is -1.98. The van der Waals surface area contributed by atoms with E-state index in [4.69, 9.17) is 0 Å². The number of hydrogen-bond donors (Lipinski definition) is 1. The Kier molecular flexibility index (Phi) is 2.52. The number of rotatable bonds is 2. The van der Waals surface area contributed by atoms with Crippen molar-refractivity contribution >= 4 is 21.7 Å². The molecule has 4 rings (SSSR count). The van der Waals surface area contributed by atoms with Crippen LogP contribution < -0.4 is 4.57 Å². The van der Waals surface area contributed by atoms with E-state index in [0.717, 1.165) is 6.54 Å². The molecule has 0 radical (unpaired) electrons. The van der Waals surface area contributed by atoms with Crippen LogP contribution in [0.1, 0.15) is 5.69 Å². The highest BCUT2D eigenvalue weighted by Crippen LogP contribution is 2.15. The van der Waals surface area contributed by atoms with Gasteiger partial charge in [-0.15, -0.1) is 0 Å². The average Bonchev–Trinajstić information content (AvgIpc) is 2.89. The third-order valence-electron chi connectivity index (χ3n) is 3.69. The zero-order valence-electron chi connectivity index (χ0n) is 11.1. The number of H-pyrrole nitrogens is 1. The quantitative estimate of drug-likeness (QED) is 0.530. The first-order valence-electron chi connectivity index (χ1n) is 6.83. The van der Waals surface area contributed by atoms with Gasteiger partial charge in [0.25, 0.3) is 0 Å². The fraction of sp³-hybridized carbons (Fsp3) is 0.0556. The molecule has 0 atom stereocenters. The van der Waals surface area contributed by atoms with Crippen LogP contribution >= 0.6 is 0 Å². The fourth-order valence-corrected chi connectivity index (χ4v) is 2.69. The smallest absolute Gasteiger partial charge is 0.188 e. The molecule has 0 unspecified atom stereocenters. The molecular weight excluding hydrogens is 244 g/mol. The van der Waals surface area contributed by atoms with E-state index < -0.39 is 0 Å². The van der Waals surface area contributed by atoms with Gasteiger partial charge in [0.15, 0.2) is 18.9 Å². The van der Waals surface area contributed by atoms with Gasteiger partial charge >= 0.3 is 0 Å². The second-order valence-electron chi connectivity index (χ2n) is 5.13. The lowest BCUT2D eigenvalue weighted by Crippen LogP contribution is -2.33. The highest BCUT2D eigenvalue weighted by atomic mass is 14.9. The predicted octanol–water partition coefficient (Wildman–Crippen LogP) is 3.66. The second kappa shape index (κ2) is 4.49. The third kappa shape index (κ3) is 1.95. The summed E-state index contributed by atoms with van der Waals surface area (Å²) < 4.78 is 2.22. The first-order valence-corrected chi connectivity index (χ1v) is 6.83. The maximum absolute atomic E-state index is 3.47. The van der Waals surface area contributed by atoms with Crippen LogP contribution in [0, 0.1) is 0 Å². The van der Waals surface area contributed by atoms with Gasteiger partial charge in [0.1, 0.15) is 0 Å². The van der Waals surface area contributed by atoms with Gasteiger partial charge in [0, 0.05) is 17.0 Å². The van der Waals surface area contributed by atoms with Crippen LogP contribution in [0.15, 0.2) is 73.1 Å². The Morgan fingerprint density at radius 2 is 1.55 bits per heavy atom. The highest BCUT2D eigenvalue weighted by molar-refractivity contribution is 5.81. The molecule has 0 fully saturated rings. The Balaban J connectivity index is 1.72. The van der Waals surface area contributed by atoms with Crippen molar-refractivity contribution in [2.75, 3.05) is 0 Å². The van der Waals surface area contributed by atoms with E-state index in [2.05, 4.69) is 82.6 Å². The van der Waals surface area contributed by atoms with Gasteiger partial charge in [-0.2, -0.15) is 4.57 Å². The summed E-state index contributed by atoms with van der Waals surface area (Å²) in [5, 5.41) is 3.82. The van der Waals surface area contributed by atoms with E-state index in [1.165, 1.54) is 27.4 Å². The molecular formula is C18H15N2+. The number of aromatic amines is 1. The van der Waals surface area contributed by atoms with E-state index in [1.807, 2.05) is 0 Å². The molecule has 2 aromatic heterocycles. The molecule has 1 N–H and O–H groups in total. The first-order chi connectivity index (χ1) is 9.88. The SMILES string of the molecule is c1ccc2c[n+](Cc3cc4ccccc4[nH]3)ccc2c1. The highest BCUT2D eigenvalue weighted by Gasteiger charge is 2.07. The van der Waals surface area contributed by atoms with Crippen molar-refractivity contribution in [3.05, 3.63) is 78.8 Å². The summed E-state index contributed by atoms with van der Waals surface area (Å²) in [4.78, 5) is 3.47. The van der Waals surface area contributed by atoms with Gasteiger partial charge in [-0.1, -0.05) is 36.4 Å². The summed E-state index contributed by atoms with van der Waals surface area (Å²) >= 11 is 0. The summed E-state index contributed by atoms with van der Waals surface area (Å²) in [7, 11) is 0. The van der Waals surface area contributed by atoms with E-state index in [-0.39, 0.29) is 0 Å². The second-order valence-corrected chi connectivity index (χ2v) is 5.13. The molecule has 0 aliphatic heterocycles. The fourth-order valence-electron chi connectivity index (χ4n) is 2.69. The molecule has 0 spiro atoms. The molecule has 2 aromatic carbocycles. The normalized spacial score (nSPS) is 11.2. The third-order valence-corrected chi connectivity index (χ3v) is 3.69. The van der Waals surface area contributed by atoms with Crippen LogP contribution in [-0.2, 0) is 6.54 Å². The van der Waals surface area contributed by atoms with E-state index in [1.54, 1.807) is 0 Å². The largest absolute Gasteiger partial charge is 0.353 e. The molecule has 0 saturated carbocycles. The summed E-state index contributed by atoms with van der Waals surface area (Å²) in [5.74, 6) is 0. The zero-order chi connectivity index (χ0) is 13.4. The number of aromatic nitrogens is 2. The van der Waals surface area contributed by atoms with Crippen LogP contribution in [0.4, 0.5) is 0 Å². The van der Waals surface area contributed by atoms with Crippen LogP contribution in [-0.4, -0.2) is 4.98 Å². The molecule has 0 aliphatic rings. The minimum absolute atomic E-state index is 0.861. The lowest BCUT2D eigenvalue weighted by molar-refractivity contribution is -0.687. The summed E-state index contributed by atoms with van der Waals surface area (Å²) in [5.41, 5.74) is 2.43. The monoisotopic (exact) mass is 259 g/mol. The zero-order valence-corrected chi connectivity index (χ0v) is 11.1. The Morgan fingerprint density at radius 3 is 2.40 bits per heavy atom. The minimum atomic E-state index is 0.861. The van der Waals surface area contributed by atoms with Crippen molar-refractivity contribution in [3.8, 4) is 0 Å². The molecule has 96 valence electrons. The number of fused-ring (bicyclic) bond motifs is 2. The van der Waals surface area contributed by atoms with Crippen LogP contribution in [0.5, 0.6) is 0 Å². The number of nitrogens with one attached hydrogen (secondary N) is 1. The van der Waals surface area contributed by atoms with Crippen LogP contribution in [0.2, 0.25) is 0 Å². The maximum Gasteiger partial charge on any atom is 0.188 e. The molecule has 0 bridgehead atoms. The van der Waals surface area contributed by atoms with Crippen molar-refractivity contribution in [3.63, 3.8) is 0 Å². The molecule has 4 aromatic rings. The topological polar surface area (TPSA) is 19.7 Å². The molecule has 0 amide bonds. The van der Waals surface area contributed by atoms with Crippen molar-refractivity contribution in [1.29, 1.82) is 0 Å². The van der Waals surface area contributed by atoms with Gasteiger partial charge < -0.3 is 4.98 Å². The summed E-state index contributed by atoms with van der Waals surface area (Å²) in [6.07, 6.45) is 4.33. The van der Waals surface area contributed by atoms with Crippen molar-refractivity contribution < 1.29 is 4.57 Å². The van der Waals surface area contributed by atoms with E-state index >= 15 is 0 Å². The maximum atomic E-state index is 3.47. The number of hydrogen-bond acceptors (Lipinski definition) is 0. The van der Waals surface area contributed by atoms with Gasteiger partial charge in [0.05, 0.1) is 5.69 Å². The van der Waals surface area contributed by atoms with Crippen LogP contribution in [0.25, 0.3) is 21.7 Å². The Hall–Kier alpha value is -2.61. The van der Waals surface area contributed by atoms with Gasteiger partial charge in [-0.3, -0.25) is 0 Å². The Morgan fingerprint density at radius 1 is 0.800 bits per heavy atom. The first kappa shape index (κ1) is 11.2. The average molecular weight is 259 g/mol. The number of benzene rings is 2.